The minimum absolute atomic E-state index is 0.159. The molecule has 3 aromatic carbocycles. The van der Waals surface area contributed by atoms with Crippen LogP contribution in [-0.2, 0) is 11.2 Å². The number of amides is 2. The van der Waals surface area contributed by atoms with Crippen molar-refractivity contribution in [1.29, 1.82) is 0 Å². The van der Waals surface area contributed by atoms with Gasteiger partial charge in [-0.15, -0.1) is 0 Å². The zero-order valence-electron chi connectivity index (χ0n) is 19.0. The average molecular weight is 538 g/mol. The van der Waals surface area contributed by atoms with Crippen molar-refractivity contribution in [2.24, 2.45) is 0 Å². The number of halogens is 3. The lowest BCUT2D eigenvalue weighted by atomic mass is 10.1. The predicted octanol–water partition coefficient (Wildman–Crippen LogP) is 5.65. The van der Waals surface area contributed by atoms with E-state index in [1.165, 1.54) is 12.1 Å². The molecule has 0 bridgehead atoms. The third-order valence-electron chi connectivity index (χ3n) is 4.92. The lowest BCUT2D eigenvalue weighted by molar-refractivity contribution is -0.123. The van der Waals surface area contributed by atoms with E-state index in [0.29, 0.717) is 40.8 Å². The van der Waals surface area contributed by atoms with E-state index in [4.69, 9.17) is 49.0 Å². The van der Waals surface area contributed by atoms with Crippen molar-refractivity contribution in [1.82, 2.24) is 5.32 Å². The molecule has 3 rings (SSSR count). The molecular weight excluding hydrogens is 515 g/mol. The Kier molecular flexibility index (Phi) is 9.48. The molecule has 3 aromatic rings. The van der Waals surface area contributed by atoms with Gasteiger partial charge in [0.15, 0.2) is 18.1 Å². The van der Waals surface area contributed by atoms with Gasteiger partial charge in [0.25, 0.3) is 11.8 Å². The molecule has 0 atom stereocenters. The van der Waals surface area contributed by atoms with E-state index >= 15 is 0 Å². The third-order valence-corrected chi connectivity index (χ3v) is 5.73. The molecule has 10 heteroatoms. The van der Waals surface area contributed by atoms with E-state index in [0.717, 1.165) is 5.56 Å². The second-order valence-electron chi connectivity index (χ2n) is 7.30. The summed E-state index contributed by atoms with van der Waals surface area (Å²) in [7, 11) is 3.15. The van der Waals surface area contributed by atoms with Crippen molar-refractivity contribution < 1.29 is 23.8 Å². The smallest absolute Gasteiger partial charge is 0.257 e. The third kappa shape index (κ3) is 7.42. The Morgan fingerprint density at radius 3 is 2.14 bits per heavy atom. The first-order valence-corrected chi connectivity index (χ1v) is 11.6. The minimum atomic E-state index is -0.407. The highest BCUT2D eigenvalue weighted by Gasteiger charge is 2.13. The Hall–Kier alpha value is -3.13. The maximum absolute atomic E-state index is 12.5. The first-order valence-electron chi connectivity index (χ1n) is 10.5. The molecular formula is C25H23Cl3N2O5. The number of nitrogens with one attached hydrogen (secondary N) is 2. The molecule has 7 nitrogen and oxygen atoms in total. The van der Waals surface area contributed by atoms with Gasteiger partial charge in [0.2, 0.25) is 0 Å². The highest BCUT2D eigenvalue weighted by Crippen LogP contribution is 2.34. The summed E-state index contributed by atoms with van der Waals surface area (Å²) in [5.74, 6) is 1.06. The summed E-state index contributed by atoms with van der Waals surface area (Å²) < 4.78 is 16.0. The lowest BCUT2D eigenvalue weighted by Gasteiger charge is -2.11. The fourth-order valence-electron chi connectivity index (χ4n) is 3.13. The monoisotopic (exact) mass is 536 g/mol. The lowest BCUT2D eigenvalue weighted by Crippen LogP contribution is -2.30. The Morgan fingerprint density at radius 1 is 0.857 bits per heavy atom. The zero-order chi connectivity index (χ0) is 25.4. The molecule has 0 aliphatic heterocycles. The fourth-order valence-corrected chi connectivity index (χ4v) is 4.04. The maximum Gasteiger partial charge on any atom is 0.257 e. The summed E-state index contributed by atoms with van der Waals surface area (Å²) in [6, 6.07) is 14.9. The number of carbonyl (C=O) groups excluding carboxylic acids is 2. The van der Waals surface area contributed by atoms with Crippen LogP contribution < -0.4 is 24.8 Å². The van der Waals surface area contributed by atoms with Crippen molar-refractivity contribution in [3.05, 3.63) is 80.8 Å². The van der Waals surface area contributed by atoms with Crippen molar-refractivity contribution in [2.45, 2.75) is 6.42 Å². The number of anilines is 1. The minimum Gasteiger partial charge on any atom is -0.493 e. The predicted molar refractivity (Wildman–Crippen MR) is 138 cm³/mol. The van der Waals surface area contributed by atoms with Gasteiger partial charge in [0.05, 0.1) is 30.0 Å². The van der Waals surface area contributed by atoms with Crippen LogP contribution in [0.3, 0.4) is 0 Å². The van der Waals surface area contributed by atoms with E-state index in [1.807, 2.05) is 18.2 Å². The van der Waals surface area contributed by atoms with Gasteiger partial charge in [-0.1, -0.05) is 40.9 Å². The Balaban J connectivity index is 1.46. The topological polar surface area (TPSA) is 85.9 Å². The Labute approximate surface area is 218 Å². The molecule has 0 aromatic heterocycles. The van der Waals surface area contributed by atoms with E-state index in [-0.39, 0.29) is 28.2 Å². The van der Waals surface area contributed by atoms with Crippen LogP contribution in [0.1, 0.15) is 15.9 Å². The van der Waals surface area contributed by atoms with Gasteiger partial charge >= 0.3 is 0 Å². The van der Waals surface area contributed by atoms with Gasteiger partial charge in [-0.2, -0.15) is 0 Å². The molecule has 0 aliphatic carbocycles. The number of ether oxygens (including phenoxy) is 3. The maximum atomic E-state index is 12.5. The summed E-state index contributed by atoms with van der Waals surface area (Å²) in [5.41, 5.74) is 1.63. The molecule has 0 heterocycles. The van der Waals surface area contributed by atoms with Crippen molar-refractivity contribution >= 4 is 52.3 Å². The molecule has 0 aliphatic rings. The Bertz CT molecular complexity index is 1180. The zero-order valence-corrected chi connectivity index (χ0v) is 21.3. The summed E-state index contributed by atoms with van der Waals surface area (Å²) >= 11 is 18.1. The van der Waals surface area contributed by atoms with Crippen LogP contribution in [0.4, 0.5) is 5.69 Å². The van der Waals surface area contributed by atoms with E-state index < -0.39 is 5.91 Å². The van der Waals surface area contributed by atoms with Crippen LogP contribution in [0.15, 0.2) is 54.6 Å². The fraction of sp³-hybridized carbons (Fsp3) is 0.200. The molecule has 184 valence electrons. The van der Waals surface area contributed by atoms with Crippen molar-refractivity contribution in [2.75, 3.05) is 32.7 Å². The van der Waals surface area contributed by atoms with Crippen LogP contribution in [0.25, 0.3) is 0 Å². The van der Waals surface area contributed by atoms with Gasteiger partial charge in [0, 0.05) is 17.1 Å². The van der Waals surface area contributed by atoms with Crippen LogP contribution >= 0.6 is 34.8 Å². The first kappa shape index (κ1) is 26.5. The van der Waals surface area contributed by atoms with Crippen molar-refractivity contribution in [3.63, 3.8) is 0 Å². The molecule has 0 fully saturated rings. The van der Waals surface area contributed by atoms with Gasteiger partial charge in [-0.3, -0.25) is 9.59 Å². The summed E-state index contributed by atoms with van der Waals surface area (Å²) in [4.78, 5) is 24.6. The summed E-state index contributed by atoms with van der Waals surface area (Å²) in [6.07, 6.45) is 0.623. The Morgan fingerprint density at radius 2 is 1.51 bits per heavy atom. The van der Waals surface area contributed by atoms with Crippen LogP contribution in [0, 0.1) is 0 Å². The number of methoxy groups -OCH3 is 2. The van der Waals surface area contributed by atoms with Gasteiger partial charge in [-0.05, 0) is 60.5 Å². The average Bonchev–Trinajstić information content (AvgIpc) is 2.85. The molecule has 0 saturated heterocycles. The second kappa shape index (κ2) is 12.5. The van der Waals surface area contributed by atoms with Crippen LogP contribution in [0.5, 0.6) is 17.2 Å². The molecule has 35 heavy (non-hydrogen) atoms. The van der Waals surface area contributed by atoms with E-state index in [2.05, 4.69) is 10.6 Å². The number of rotatable bonds is 10. The molecule has 0 spiro atoms. The second-order valence-corrected chi connectivity index (χ2v) is 8.55. The summed E-state index contributed by atoms with van der Waals surface area (Å²) in [6.45, 7) is 0.278. The molecule has 2 N–H and O–H groups in total. The number of benzene rings is 3. The highest BCUT2D eigenvalue weighted by atomic mass is 35.5. The SMILES string of the molecule is COc1ccc(CCNC(=O)COc2ccc(C(=O)Nc3c(Cl)cc(Cl)cc3Cl)cc2)cc1OC. The summed E-state index contributed by atoms with van der Waals surface area (Å²) in [5, 5.41) is 6.29. The van der Waals surface area contributed by atoms with Crippen molar-refractivity contribution in [3.8, 4) is 17.2 Å². The van der Waals surface area contributed by atoms with Crippen LogP contribution in [-0.4, -0.2) is 39.2 Å². The number of hydrogen-bond acceptors (Lipinski definition) is 5. The van der Waals surface area contributed by atoms with E-state index in [1.54, 1.807) is 38.5 Å². The van der Waals surface area contributed by atoms with E-state index in [9.17, 15) is 9.59 Å². The molecule has 0 radical (unpaired) electrons. The standard InChI is InChI=1S/C25H23Cl3N2O5/c1-33-21-8-3-15(11-22(21)34-2)9-10-29-23(31)14-35-18-6-4-16(5-7-18)25(32)30-24-19(27)12-17(26)13-20(24)28/h3-8,11-13H,9-10,14H2,1-2H3,(H,29,31)(H,30,32). The largest absolute Gasteiger partial charge is 0.493 e. The molecule has 2 amide bonds. The van der Waals surface area contributed by atoms with Crippen LogP contribution in [0.2, 0.25) is 15.1 Å². The quantitative estimate of drug-likeness (QED) is 0.349. The molecule has 0 unspecified atom stereocenters. The number of carbonyl (C=O) groups is 2. The molecule has 0 saturated carbocycles. The normalized spacial score (nSPS) is 10.4. The van der Waals surface area contributed by atoms with Gasteiger partial charge < -0.3 is 24.8 Å². The highest BCUT2D eigenvalue weighted by molar-refractivity contribution is 6.42. The van der Waals surface area contributed by atoms with Gasteiger partial charge in [-0.25, -0.2) is 0 Å². The first-order chi connectivity index (χ1) is 16.8. The number of hydrogen-bond donors (Lipinski definition) is 2. The van der Waals surface area contributed by atoms with Gasteiger partial charge in [0.1, 0.15) is 5.75 Å².